The summed E-state index contributed by atoms with van der Waals surface area (Å²) >= 11 is 0. The molecule has 16 heavy (non-hydrogen) atoms. The zero-order valence-electron chi connectivity index (χ0n) is 10.6. The molecule has 0 aromatic carbocycles. The van der Waals surface area contributed by atoms with E-state index >= 15 is 0 Å². The van der Waals surface area contributed by atoms with Crippen molar-refractivity contribution in [2.75, 3.05) is 0 Å². The average molecular weight is 224 g/mol. The number of rotatable bonds is 3. The van der Waals surface area contributed by atoms with Crippen LogP contribution in [0.3, 0.4) is 0 Å². The van der Waals surface area contributed by atoms with Crippen molar-refractivity contribution in [2.24, 2.45) is 13.0 Å². The lowest BCUT2D eigenvalue weighted by molar-refractivity contribution is -0.141. The van der Waals surface area contributed by atoms with Crippen molar-refractivity contribution in [1.29, 1.82) is 0 Å². The molecule has 0 radical (unpaired) electrons. The number of carbonyl (C=O) groups is 1. The summed E-state index contributed by atoms with van der Waals surface area (Å²) in [5.41, 5.74) is 1.97. The van der Waals surface area contributed by atoms with E-state index in [1.807, 2.05) is 13.2 Å². The van der Waals surface area contributed by atoms with Crippen LogP contribution < -0.4 is 0 Å². The van der Waals surface area contributed by atoms with Gasteiger partial charge in [-0.1, -0.05) is 27.7 Å². The Labute approximate surface area is 96.3 Å². The van der Waals surface area contributed by atoms with Crippen LogP contribution in [0.5, 0.6) is 0 Å². The lowest BCUT2D eigenvalue weighted by Gasteiger charge is -2.18. The van der Waals surface area contributed by atoms with Crippen molar-refractivity contribution < 1.29 is 9.90 Å². The number of carboxylic acid groups (broad SMARTS) is 1. The van der Waals surface area contributed by atoms with E-state index in [2.05, 4.69) is 25.9 Å². The summed E-state index contributed by atoms with van der Waals surface area (Å²) in [7, 11) is 1.87. The molecule has 0 amide bonds. The molecule has 0 aliphatic carbocycles. The summed E-state index contributed by atoms with van der Waals surface area (Å²) < 4.78 is 1.75. The minimum atomic E-state index is -0.760. The number of nitrogens with zero attached hydrogens (tertiary/aromatic N) is 2. The second kappa shape index (κ2) is 4.28. The molecular formula is C12H20N2O2. The van der Waals surface area contributed by atoms with Crippen molar-refractivity contribution in [2.45, 2.75) is 39.5 Å². The van der Waals surface area contributed by atoms with Gasteiger partial charge in [-0.3, -0.25) is 9.48 Å². The molecule has 1 rings (SSSR count). The minimum Gasteiger partial charge on any atom is -0.481 e. The third kappa shape index (κ3) is 2.84. The van der Waals surface area contributed by atoms with E-state index in [0.29, 0.717) is 6.42 Å². The number of hydrogen-bond acceptors (Lipinski definition) is 2. The maximum absolute atomic E-state index is 10.8. The SMILES string of the molecule is CC(Cc1cn(C)nc1C(C)(C)C)C(=O)O. The third-order valence-electron chi connectivity index (χ3n) is 2.56. The first-order valence-corrected chi connectivity index (χ1v) is 5.47. The van der Waals surface area contributed by atoms with E-state index in [9.17, 15) is 4.79 Å². The summed E-state index contributed by atoms with van der Waals surface area (Å²) in [6, 6.07) is 0. The summed E-state index contributed by atoms with van der Waals surface area (Å²) in [4.78, 5) is 10.8. The normalized spacial score (nSPS) is 13.8. The molecule has 4 heteroatoms. The van der Waals surface area contributed by atoms with E-state index < -0.39 is 5.97 Å². The van der Waals surface area contributed by atoms with Gasteiger partial charge in [0.2, 0.25) is 0 Å². The number of carboxylic acids is 1. The second-order valence-electron chi connectivity index (χ2n) is 5.37. The molecule has 0 aliphatic heterocycles. The quantitative estimate of drug-likeness (QED) is 0.854. The molecular weight excluding hydrogens is 204 g/mol. The van der Waals surface area contributed by atoms with Crippen molar-refractivity contribution in [3.8, 4) is 0 Å². The molecule has 1 aromatic heterocycles. The second-order valence-corrected chi connectivity index (χ2v) is 5.37. The van der Waals surface area contributed by atoms with Crippen molar-refractivity contribution in [3.05, 3.63) is 17.5 Å². The van der Waals surface area contributed by atoms with Crippen LogP contribution in [0.1, 0.15) is 39.0 Å². The van der Waals surface area contributed by atoms with Crippen LogP contribution >= 0.6 is 0 Å². The van der Waals surface area contributed by atoms with Gasteiger partial charge in [-0.2, -0.15) is 5.10 Å². The Hall–Kier alpha value is -1.32. The molecule has 0 aliphatic rings. The van der Waals surface area contributed by atoms with Gasteiger partial charge < -0.3 is 5.11 Å². The van der Waals surface area contributed by atoms with E-state index in [4.69, 9.17) is 5.11 Å². The van der Waals surface area contributed by atoms with Gasteiger partial charge in [0.25, 0.3) is 0 Å². The molecule has 0 fully saturated rings. The highest BCUT2D eigenvalue weighted by molar-refractivity contribution is 5.69. The Morgan fingerprint density at radius 1 is 1.56 bits per heavy atom. The van der Waals surface area contributed by atoms with Crippen LogP contribution in [0, 0.1) is 5.92 Å². The highest BCUT2D eigenvalue weighted by Gasteiger charge is 2.24. The van der Waals surface area contributed by atoms with E-state index in [1.165, 1.54) is 0 Å². The predicted molar refractivity (Wildman–Crippen MR) is 62.4 cm³/mol. The first kappa shape index (κ1) is 12.7. The number of aliphatic carboxylic acids is 1. The zero-order chi connectivity index (χ0) is 12.5. The van der Waals surface area contributed by atoms with Crippen molar-refractivity contribution in [3.63, 3.8) is 0 Å². The molecule has 0 saturated carbocycles. The van der Waals surface area contributed by atoms with Gasteiger partial charge in [-0.05, 0) is 12.0 Å². The lowest BCUT2D eigenvalue weighted by Crippen LogP contribution is -2.18. The van der Waals surface area contributed by atoms with Crippen molar-refractivity contribution in [1.82, 2.24) is 9.78 Å². The average Bonchev–Trinajstić information content (AvgIpc) is 2.45. The van der Waals surface area contributed by atoms with Gasteiger partial charge in [0.15, 0.2) is 0 Å². The Morgan fingerprint density at radius 3 is 2.56 bits per heavy atom. The highest BCUT2D eigenvalue weighted by Crippen LogP contribution is 2.25. The van der Waals surface area contributed by atoms with E-state index in [0.717, 1.165) is 11.3 Å². The minimum absolute atomic E-state index is 0.0468. The maximum Gasteiger partial charge on any atom is 0.306 e. The number of aryl methyl sites for hydroxylation is 1. The van der Waals surface area contributed by atoms with Gasteiger partial charge in [0.05, 0.1) is 11.6 Å². The Kier molecular flexibility index (Phi) is 3.41. The fourth-order valence-electron chi connectivity index (χ4n) is 1.74. The monoisotopic (exact) mass is 224 g/mol. The summed E-state index contributed by atoms with van der Waals surface area (Å²) in [6.07, 6.45) is 2.45. The fraction of sp³-hybridized carbons (Fsp3) is 0.667. The molecule has 1 unspecified atom stereocenters. The standard InChI is InChI=1S/C12H20N2O2/c1-8(11(15)16)6-9-7-14(5)13-10(9)12(2,3)4/h7-8H,6H2,1-5H3,(H,15,16). The van der Waals surface area contributed by atoms with Crippen LogP contribution in [0.25, 0.3) is 0 Å². The molecule has 1 atom stereocenters. The fourth-order valence-corrected chi connectivity index (χ4v) is 1.74. The molecule has 1 N–H and O–H groups in total. The van der Waals surface area contributed by atoms with E-state index in [-0.39, 0.29) is 11.3 Å². The molecule has 1 aromatic rings. The first-order chi connectivity index (χ1) is 7.21. The molecule has 0 saturated heterocycles. The molecule has 0 spiro atoms. The Balaban J connectivity index is 3.00. The topological polar surface area (TPSA) is 55.1 Å². The highest BCUT2D eigenvalue weighted by atomic mass is 16.4. The maximum atomic E-state index is 10.8. The third-order valence-corrected chi connectivity index (χ3v) is 2.56. The van der Waals surface area contributed by atoms with E-state index in [1.54, 1.807) is 11.6 Å². The van der Waals surface area contributed by atoms with Crippen LogP contribution in [-0.2, 0) is 23.7 Å². The summed E-state index contributed by atoms with van der Waals surface area (Å²) in [5, 5.41) is 13.3. The Bertz CT molecular complexity index is 388. The van der Waals surface area contributed by atoms with Crippen molar-refractivity contribution >= 4 is 5.97 Å². The summed E-state index contributed by atoms with van der Waals surface area (Å²) in [6.45, 7) is 7.99. The van der Waals surface area contributed by atoms with Crippen LogP contribution in [-0.4, -0.2) is 20.9 Å². The van der Waals surface area contributed by atoms with Gasteiger partial charge in [0.1, 0.15) is 0 Å². The molecule has 4 nitrogen and oxygen atoms in total. The largest absolute Gasteiger partial charge is 0.481 e. The van der Waals surface area contributed by atoms with Gasteiger partial charge >= 0.3 is 5.97 Å². The Morgan fingerprint density at radius 2 is 2.12 bits per heavy atom. The van der Waals surface area contributed by atoms with Crippen LogP contribution in [0.4, 0.5) is 0 Å². The first-order valence-electron chi connectivity index (χ1n) is 5.47. The number of aromatic nitrogens is 2. The lowest BCUT2D eigenvalue weighted by atomic mass is 9.87. The molecule has 0 bridgehead atoms. The summed E-state index contributed by atoms with van der Waals surface area (Å²) in [5.74, 6) is -1.13. The smallest absolute Gasteiger partial charge is 0.306 e. The molecule has 90 valence electrons. The molecule has 1 heterocycles. The van der Waals surface area contributed by atoms with Gasteiger partial charge in [0, 0.05) is 18.7 Å². The zero-order valence-corrected chi connectivity index (χ0v) is 10.6. The van der Waals surface area contributed by atoms with Gasteiger partial charge in [-0.25, -0.2) is 0 Å². The van der Waals surface area contributed by atoms with Crippen LogP contribution in [0.2, 0.25) is 0 Å². The van der Waals surface area contributed by atoms with Gasteiger partial charge in [-0.15, -0.1) is 0 Å². The number of hydrogen-bond donors (Lipinski definition) is 1. The van der Waals surface area contributed by atoms with Crippen LogP contribution in [0.15, 0.2) is 6.20 Å². The predicted octanol–water partition coefficient (Wildman–Crippen LogP) is 1.98.